The maximum absolute atomic E-state index is 13.4. The number of carbonyl (C=O) groups excluding carboxylic acids is 2. The van der Waals surface area contributed by atoms with Crippen LogP contribution in [0.4, 0.5) is 8.78 Å². The fraction of sp³-hybridized carbons (Fsp3) is 0.238. The van der Waals surface area contributed by atoms with Crippen LogP contribution in [-0.4, -0.2) is 25.2 Å². The maximum atomic E-state index is 13.4. The molecule has 0 aromatic heterocycles. The van der Waals surface area contributed by atoms with E-state index in [1.807, 2.05) is 0 Å². The molecule has 0 atom stereocenters. The molecule has 0 saturated heterocycles. The van der Waals surface area contributed by atoms with E-state index in [0.29, 0.717) is 16.5 Å². The van der Waals surface area contributed by atoms with Gasteiger partial charge in [0.1, 0.15) is 11.6 Å². The summed E-state index contributed by atoms with van der Waals surface area (Å²) in [6, 6.07) is 8.44. The first-order valence-electron chi connectivity index (χ1n) is 8.52. The Morgan fingerprint density at radius 3 is 1.89 bits per heavy atom. The van der Waals surface area contributed by atoms with Gasteiger partial charge in [-0.05, 0) is 72.1 Å². The number of rotatable bonds is 6. The predicted octanol–water partition coefficient (Wildman–Crippen LogP) is 5.50. The molecule has 0 radical (unpaired) electrons. The maximum Gasteiger partial charge on any atom is 0.338 e. The summed E-state index contributed by atoms with van der Waals surface area (Å²) in [4.78, 5) is 22.4. The minimum atomic E-state index is -0.506. The van der Waals surface area contributed by atoms with Crippen molar-refractivity contribution in [3.8, 4) is 0 Å². The number of esters is 2. The van der Waals surface area contributed by atoms with Gasteiger partial charge in [-0.3, -0.25) is 0 Å². The Morgan fingerprint density at radius 1 is 0.964 bits per heavy atom. The second kappa shape index (κ2) is 12.0. The van der Waals surface area contributed by atoms with Gasteiger partial charge in [0.2, 0.25) is 0 Å². The highest BCUT2D eigenvalue weighted by Gasteiger charge is 2.10. The number of hydrogen-bond donors (Lipinski definition) is 0. The predicted molar refractivity (Wildman–Crippen MR) is 106 cm³/mol. The molecular weight excluding hydrogens is 434 g/mol. The van der Waals surface area contributed by atoms with Crippen molar-refractivity contribution in [2.75, 3.05) is 13.2 Å². The summed E-state index contributed by atoms with van der Waals surface area (Å²) in [5.41, 5.74) is 0.989. The highest BCUT2D eigenvalue weighted by atomic mass is 79.9. The normalized spacial score (nSPS) is 9.75. The Bertz CT molecular complexity index is 837. The van der Waals surface area contributed by atoms with Crippen LogP contribution in [0.2, 0.25) is 0 Å². The zero-order valence-electron chi connectivity index (χ0n) is 15.6. The number of hydrogen-bond acceptors (Lipinski definition) is 4. The number of allylic oxidation sites excluding steroid dienone is 1. The van der Waals surface area contributed by atoms with Crippen molar-refractivity contribution >= 4 is 27.9 Å². The van der Waals surface area contributed by atoms with Gasteiger partial charge in [0, 0.05) is 0 Å². The highest BCUT2D eigenvalue weighted by molar-refractivity contribution is 9.10. The summed E-state index contributed by atoms with van der Waals surface area (Å²) in [6.45, 7) is 7.51. The Hall–Kier alpha value is -2.54. The van der Waals surface area contributed by atoms with E-state index in [1.165, 1.54) is 18.2 Å². The second-order valence-electron chi connectivity index (χ2n) is 5.37. The number of benzene rings is 2. The number of ether oxygens (including phenoxy) is 2. The molecule has 2 aromatic carbocycles. The van der Waals surface area contributed by atoms with Crippen LogP contribution in [0.5, 0.6) is 0 Å². The van der Waals surface area contributed by atoms with Crippen LogP contribution in [0, 0.1) is 11.6 Å². The number of halogens is 3. The molecule has 2 aromatic rings. The minimum absolute atomic E-state index is 0.225. The molecule has 0 aliphatic carbocycles. The van der Waals surface area contributed by atoms with Gasteiger partial charge in [-0.1, -0.05) is 12.1 Å². The molecular formula is C21H21BrF2O4. The third-order valence-electron chi connectivity index (χ3n) is 3.36. The second-order valence-corrected chi connectivity index (χ2v) is 6.22. The Morgan fingerprint density at radius 2 is 1.46 bits per heavy atom. The van der Waals surface area contributed by atoms with Gasteiger partial charge in [-0.25, -0.2) is 18.4 Å². The molecule has 7 heteroatoms. The van der Waals surface area contributed by atoms with E-state index in [2.05, 4.69) is 22.5 Å². The Labute approximate surface area is 171 Å². The van der Waals surface area contributed by atoms with Crippen molar-refractivity contribution in [1.82, 2.24) is 0 Å². The van der Waals surface area contributed by atoms with Gasteiger partial charge in [-0.2, -0.15) is 0 Å². The molecule has 28 heavy (non-hydrogen) atoms. The Balaban J connectivity index is 0.000000283. The lowest BCUT2D eigenvalue weighted by molar-refractivity contribution is 0.0516. The van der Waals surface area contributed by atoms with Crippen LogP contribution in [0.25, 0.3) is 0 Å². The van der Waals surface area contributed by atoms with Gasteiger partial charge in [0.25, 0.3) is 0 Å². The molecule has 0 saturated carbocycles. The summed E-state index contributed by atoms with van der Waals surface area (Å²) in [5.74, 6) is -1.87. The monoisotopic (exact) mass is 454 g/mol. The van der Waals surface area contributed by atoms with Crippen LogP contribution in [0.3, 0.4) is 0 Å². The molecule has 0 aliphatic rings. The van der Waals surface area contributed by atoms with Crippen molar-refractivity contribution in [3.63, 3.8) is 0 Å². The molecule has 0 fully saturated rings. The fourth-order valence-corrected chi connectivity index (χ4v) is 2.29. The minimum Gasteiger partial charge on any atom is -0.462 e. The van der Waals surface area contributed by atoms with Crippen molar-refractivity contribution in [1.29, 1.82) is 0 Å². The fourth-order valence-electron chi connectivity index (χ4n) is 2.05. The van der Waals surface area contributed by atoms with Crippen molar-refractivity contribution < 1.29 is 27.8 Å². The first-order valence-corrected chi connectivity index (χ1v) is 9.31. The lowest BCUT2D eigenvalue weighted by Gasteiger charge is -2.04. The van der Waals surface area contributed by atoms with Gasteiger partial charge < -0.3 is 9.47 Å². The quantitative estimate of drug-likeness (QED) is 0.427. The largest absolute Gasteiger partial charge is 0.462 e. The molecule has 0 unspecified atom stereocenters. The van der Waals surface area contributed by atoms with Crippen LogP contribution in [0.15, 0.2) is 53.5 Å². The van der Waals surface area contributed by atoms with Gasteiger partial charge in [0.15, 0.2) is 0 Å². The SMILES string of the molecule is C=CCc1ccc(C(=O)OCC)cc1F.CCOC(=O)c1ccc(Br)c(F)c1. The average Bonchev–Trinajstić information content (AvgIpc) is 2.66. The van der Waals surface area contributed by atoms with Gasteiger partial charge in [-0.15, -0.1) is 6.58 Å². The van der Waals surface area contributed by atoms with E-state index in [0.717, 1.165) is 6.07 Å². The van der Waals surface area contributed by atoms with Crippen LogP contribution >= 0.6 is 15.9 Å². The van der Waals surface area contributed by atoms with Crippen LogP contribution in [0.1, 0.15) is 40.1 Å². The van der Waals surface area contributed by atoms with E-state index in [1.54, 1.807) is 32.1 Å². The topological polar surface area (TPSA) is 52.6 Å². The lowest BCUT2D eigenvalue weighted by atomic mass is 10.1. The zero-order chi connectivity index (χ0) is 21.1. The average molecular weight is 455 g/mol. The van der Waals surface area contributed by atoms with E-state index in [4.69, 9.17) is 9.47 Å². The van der Waals surface area contributed by atoms with Crippen molar-refractivity contribution in [2.24, 2.45) is 0 Å². The van der Waals surface area contributed by atoms with Crippen LogP contribution in [-0.2, 0) is 15.9 Å². The molecule has 2 rings (SSSR count). The molecule has 0 bridgehead atoms. The Kier molecular flexibility index (Phi) is 10.1. The first-order chi connectivity index (χ1) is 13.3. The van der Waals surface area contributed by atoms with E-state index >= 15 is 0 Å². The summed E-state index contributed by atoms with van der Waals surface area (Å²) < 4.78 is 36.1. The molecule has 150 valence electrons. The molecule has 4 nitrogen and oxygen atoms in total. The van der Waals surface area contributed by atoms with Crippen LogP contribution < -0.4 is 0 Å². The van der Waals surface area contributed by atoms with Crippen molar-refractivity contribution in [3.05, 3.63) is 81.9 Å². The van der Waals surface area contributed by atoms with Crippen molar-refractivity contribution in [2.45, 2.75) is 20.3 Å². The molecule has 0 amide bonds. The smallest absolute Gasteiger partial charge is 0.338 e. The molecule has 0 heterocycles. The molecule has 0 N–H and O–H groups in total. The third-order valence-corrected chi connectivity index (χ3v) is 4.00. The van der Waals surface area contributed by atoms with E-state index in [9.17, 15) is 18.4 Å². The summed E-state index contributed by atoms with van der Waals surface area (Å²) in [7, 11) is 0. The summed E-state index contributed by atoms with van der Waals surface area (Å²) >= 11 is 2.99. The standard InChI is InChI=1S/C12H13FO2.C9H8BrFO2/c1-3-5-9-6-7-10(8-11(9)13)12(14)15-4-2;1-2-13-9(12)6-3-4-7(10)8(11)5-6/h3,6-8H,1,4-5H2,2H3;3-5H,2H2,1H3. The van der Waals surface area contributed by atoms with E-state index < -0.39 is 23.6 Å². The van der Waals surface area contributed by atoms with Gasteiger partial charge >= 0.3 is 11.9 Å². The first kappa shape index (κ1) is 23.5. The summed E-state index contributed by atoms with van der Waals surface area (Å²) in [6.07, 6.45) is 2.07. The lowest BCUT2D eigenvalue weighted by Crippen LogP contribution is -2.05. The summed E-state index contributed by atoms with van der Waals surface area (Å²) in [5, 5.41) is 0. The third kappa shape index (κ3) is 7.23. The molecule has 0 spiro atoms. The molecule has 0 aliphatic heterocycles. The van der Waals surface area contributed by atoms with Gasteiger partial charge in [0.05, 0.1) is 28.8 Å². The van der Waals surface area contributed by atoms with E-state index in [-0.39, 0.29) is 24.3 Å². The highest BCUT2D eigenvalue weighted by Crippen LogP contribution is 2.16. The zero-order valence-corrected chi connectivity index (χ0v) is 17.2. The number of carbonyl (C=O) groups is 2.